The molecule has 3 aliphatic rings. The number of aliphatic hydroxyl groups is 2. The lowest BCUT2D eigenvalue weighted by Gasteiger charge is -2.47. The number of nitrogens with zero attached hydrogens (tertiary/aromatic N) is 2. The van der Waals surface area contributed by atoms with Gasteiger partial charge in [-0.15, -0.1) is 0 Å². The predicted octanol–water partition coefficient (Wildman–Crippen LogP) is 0.546. The lowest BCUT2D eigenvalue weighted by Crippen LogP contribution is -2.66. The van der Waals surface area contributed by atoms with Crippen molar-refractivity contribution in [2.45, 2.75) is 43.7 Å². The number of rotatable bonds is 7. The lowest BCUT2D eigenvalue weighted by molar-refractivity contribution is -0.183. The van der Waals surface area contributed by atoms with E-state index < -0.39 is 12.4 Å². The second-order valence-electron chi connectivity index (χ2n) is 8.49. The largest absolute Gasteiger partial charge is 0.495 e. The average molecular weight is 446 g/mol. The predicted molar refractivity (Wildman–Crippen MR) is 116 cm³/mol. The van der Waals surface area contributed by atoms with Gasteiger partial charge in [-0.3, -0.25) is 4.90 Å². The maximum Gasteiger partial charge on any atom is 0.176 e. The Morgan fingerprint density at radius 3 is 2.62 bits per heavy atom. The van der Waals surface area contributed by atoms with Crippen LogP contribution < -0.4 is 15.0 Å². The first kappa shape index (κ1) is 21.7. The minimum absolute atomic E-state index is 0.129. The van der Waals surface area contributed by atoms with Crippen LogP contribution in [0.1, 0.15) is 11.5 Å². The van der Waals surface area contributed by atoms with E-state index in [0.717, 1.165) is 37.6 Å². The van der Waals surface area contributed by atoms with Gasteiger partial charge in [0.2, 0.25) is 0 Å². The fourth-order valence-electron chi connectivity index (χ4n) is 5.01. The van der Waals surface area contributed by atoms with E-state index in [9.17, 15) is 10.2 Å². The van der Waals surface area contributed by atoms with Gasteiger partial charge in [-0.05, 0) is 24.3 Å². The van der Waals surface area contributed by atoms with Crippen molar-refractivity contribution < 1.29 is 28.8 Å². The van der Waals surface area contributed by atoms with Crippen molar-refractivity contribution in [3.63, 3.8) is 0 Å². The fourth-order valence-corrected chi connectivity index (χ4v) is 5.01. The first-order valence-corrected chi connectivity index (χ1v) is 11.2. The van der Waals surface area contributed by atoms with Crippen LogP contribution >= 0.6 is 0 Å². The number of anilines is 1. The van der Waals surface area contributed by atoms with E-state index in [4.69, 9.17) is 18.6 Å². The summed E-state index contributed by atoms with van der Waals surface area (Å²) in [5.74, 6) is 2.11. The number of fused-ring (bicyclic) bond motifs is 2. The molecule has 3 fully saturated rings. The SMILES string of the molecule is COc1ccccc1N1CCN([C@@H]2[C@@H]3OC[C@H](O3)[C@@H](NCc3ccc(CO)o3)[C@@H]2O)CC1. The second kappa shape index (κ2) is 9.38. The van der Waals surface area contributed by atoms with Gasteiger partial charge in [0.25, 0.3) is 0 Å². The molecule has 9 nitrogen and oxygen atoms in total. The molecule has 0 saturated carbocycles. The molecular formula is C23H31N3O6. The van der Waals surface area contributed by atoms with Gasteiger partial charge in [-0.2, -0.15) is 0 Å². The normalized spacial score (nSPS) is 30.6. The van der Waals surface area contributed by atoms with Gasteiger partial charge in [0.1, 0.15) is 30.0 Å². The van der Waals surface area contributed by atoms with Crippen LogP contribution in [0.5, 0.6) is 5.75 Å². The van der Waals surface area contributed by atoms with Crippen molar-refractivity contribution in [3.8, 4) is 5.75 Å². The summed E-state index contributed by atoms with van der Waals surface area (Å²) in [6.45, 7) is 4.01. The Labute approximate surface area is 187 Å². The van der Waals surface area contributed by atoms with Gasteiger partial charge in [0.15, 0.2) is 6.29 Å². The molecule has 1 aromatic heterocycles. The minimum atomic E-state index is -0.633. The van der Waals surface area contributed by atoms with Gasteiger partial charge < -0.3 is 39.1 Å². The topological polar surface area (TPSA) is 99.8 Å². The maximum absolute atomic E-state index is 11.3. The summed E-state index contributed by atoms with van der Waals surface area (Å²) in [5, 5.41) is 23.9. The number of para-hydroxylation sites is 2. The van der Waals surface area contributed by atoms with Gasteiger partial charge in [-0.25, -0.2) is 0 Å². The Morgan fingerprint density at radius 1 is 1.09 bits per heavy atom. The van der Waals surface area contributed by atoms with E-state index in [0.29, 0.717) is 24.7 Å². The van der Waals surface area contributed by atoms with E-state index in [-0.39, 0.29) is 24.8 Å². The van der Waals surface area contributed by atoms with Crippen LogP contribution in [0.4, 0.5) is 5.69 Å². The van der Waals surface area contributed by atoms with Gasteiger partial charge in [0.05, 0.1) is 44.1 Å². The number of hydrogen-bond acceptors (Lipinski definition) is 9. The molecule has 3 saturated heterocycles. The molecule has 5 rings (SSSR count). The number of methoxy groups -OCH3 is 1. The Hall–Kier alpha value is -2.14. The molecule has 2 bridgehead atoms. The first-order chi connectivity index (χ1) is 15.7. The van der Waals surface area contributed by atoms with Crippen LogP contribution in [-0.4, -0.2) is 85.6 Å². The Morgan fingerprint density at radius 2 is 1.88 bits per heavy atom. The third-order valence-corrected chi connectivity index (χ3v) is 6.68. The minimum Gasteiger partial charge on any atom is -0.495 e. The molecule has 0 spiro atoms. The molecular weight excluding hydrogens is 414 g/mol. The quantitative estimate of drug-likeness (QED) is 0.564. The van der Waals surface area contributed by atoms with Gasteiger partial charge in [0, 0.05) is 26.2 Å². The second-order valence-corrected chi connectivity index (χ2v) is 8.49. The van der Waals surface area contributed by atoms with Crippen molar-refractivity contribution in [2.75, 3.05) is 44.8 Å². The van der Waals surface area contributed by atoms with E-state index in [1.807, 2.05) is 24.3 Å². The molecule has 174 valence electrons. The van der Waals surface area contributed by atoms with Crippen LogP contribution in [0.15, 0.2) is 40.8 Å². The Kier molecular flexibility index (Phi) is 6.36. The van der Waals surface area contributed by atoms with E-state index in [1.54, 1.807) is 13.2 Å². The number of ether oxygens (including phenoxy) is 3. The van der Waals surface area contributed by atoms with Crippen molar-refractivity contribution in [2.24, 2.45) is 0 Å². The van der Waals surface area contributed by atoms with Crippen LogP contribution in [-0.2, 0) is 22.6 Å². The lowest BCUT2D eigenvalue weighted by atomic mass is 9.94. The standard InChI is InChI=1S/C23H31N3O6/c1-29-18-5-3-2-4-17(18)25-8-10-26(11-9-25)21-22(28)20(19-14-30-23(21)32-19)24-12-15-6-7-16(13-27)31-15/h2-7,19-24,27-28H,8-14H2,1H3/t19-,20+,21-,22-,23+/m0/s1. The van der Waals surface area contributed by atoms with Crippen LogP contribution in [0.25, 0.3) is 0 Å². The zero-order valence-electron chi connectivity index (χ0n) is 18.2. The molecule has 0 amide bonds. The summed E-state index contributed by atoms with van der Waals surface area (Å²) >= 11 is 0. The molecule has 3 aliphatic heterocycles. The number of piperazine rings is 1. The summed E-state index contributed by atoms with van der Waals surface area (Å²) in [6.07, 6.45) is -1.25. The monoisotopic (exact) mass is 445 g/mol. The van der Waals surface area contributed by atoms with Crippen LogP contribution in [0.3, 0.4) is 0 Å². The molecule has 0 aliphatic carbocycles. The summed E-state index contributed by atoms with van der Waals surface area (Å²) in [7, 11) is 1.69. The zero-order valence-corrected chi connectivity index (χ0v) is 18.2. The molecule has 3 N–H and O–H groups in total. The molecule has 5 atom stereocenters. The number of benzene rings is 1. The third-order valence-electron chi connectivity index (χ3n) is 6.68. The smallest absolute Gasteiger partial charge is 0.176 e. The first-order valence-electron chi connectivity index (χ1n) is 11.2. The van der Waals surface area contributed by atoms with E-state index in [2.05, 4.69) is 21.2 Å². The van der Waals surface area contributed by atoms with Gasteiger partial charge in [-0.1, -0.05) is 12.1 Å². The summed E-state index contributed by atoms with van der Waals surface area (Å²) in [6, 6.07) is 11.1. The van der Waals surface area contributed by atoms with Crippen molar-refractivity contribution in [1.29, 1.82) is 0 Å². The van der Waals surface area contributed by atoms with E-state index >= 15 is 0 Å². The van der Waals surface area contributed by atoms with Crippen LogP contribution in [0, 0.1) is 0 Å². The number of furan rings is 1. The number of aliphatic hydroxyl groups excluding tert-OH is 2. The maximum atomic E-state index is 11.3. The number of nitrogens with one attached hydrogen (secondary N) is 1. The summed E-state index contributed by atoms with van der Waals surface area (Å²) in [5.41, 5.74) is 1.09. The summed E-state index contributed by atoms with van der Waals surface area (Å²) < 4.78 is 23.1. The van der Waals surface area contributed by atoms with Crippen molar-refractivity contribution in [3.05, 3.63) is 47.9 Å². The highest BCUT2D eigenvalue weighted by Crippen LogP contribution is 2.34. The molecule has 0 unspecified atom stereocenters. The van der Waals surface area contributed by atoms with Gasteiger partial charge >= 0.3 is 0 Å². The molecule has 32 heavy (non-hydrogen) atoms. The highest BCUT2D eigenvalue weighted by molar-refractivity contribution is 5.58. The highest BCUT2D eigenvalue weighted by atomic mass is 16.7. The molecule has 4 heterocycles. The zero-order chi connectivity index (χ0) is 22.1. The highest BCUT2D eigenvalue weighted by Gasteiger charge is 2.52. The molecule has 9 heteroatoms. The van der Waals surface area contributed by atoms with Crippen molar-refractivity contribution in [1.82, 2.24) is 10.2 Å². The average Bonchev–Trinajstić information content (AvgIpc) is 3.47. The molecule has 1 aromatic carbocycles. The third kappa shape index (κ3) is 4.12. The van der Waals surface area contributed by atoms with Crippen molar-refractivity contribution >= 4 is 5.69 Å². The fraction of sp³-hybridized carbons (Fsp3) is 0.565. The number of hydrogen-bond donors (Lipinski definition) is 3. The molecule has 2 aromatic rings. The Balaban J connectivity index is 1.23. The molecule has 0 radical (unpaired) electrons. The summed E-state index contributed by atoms with van der Waals surface area (Å²) in [4.78, 5) is 4.59. The van der Waals surface area contributed by atoms with E-state index in [1.165, 1.54) is 0 Å². The Bertz CT molecular complexity index is 899. The van der Waals surface area contributed by atoms with Crippen LogP contribution in [0.2, 0.25) is 0 Å².